The second kappa shape index (κ2) is 8.86. The molecule has 160 valence electrons. The molecule has 0 saturated heterocycles. The van der Waals surface area contributed by atoms with Gasteiger partial charge in [-0.3, -0.25) is 4.79 Å². The van der Waals surface area contributed by atoms with Crippen LogP contribution in [0.4, 0.5) is 5.69 Å². The highest BCUT2D eigenvalue weighted by molar-refractivity contribution is 7.99. The maximum absolute atomic E-state index is 13.2. The summed E-state index contributed by atoms with van der Waals surface area (Å²) < 4.78 is 29.2. The number of benzene rings is 3. The van der Waals surface area contributed by atoms with Gasteiger partial charge in [0.05, 0.1) is 16.1 Å². The van der Waals surface area contributed by atoms with Gasteiger partial charge in [0.15, 0.2) is 0 Å². The fourth-order valence-corrected chi connectivity index (χ4v) is 6.08. The Bertz CT molecular complexity index is 1220. The molecule has 0 unspecified atom stereocenters. The zero-order valence-corrected chi connectivity index (χ0v) is 19.0. The molecule has 31 heavy (non-hydrogen) atoms. The summed E-state index contributed by atoms with van der Waals surface area (Å²) in [5.41, 5.74) is 2.97. The van der Waals surface area contributed by atoms with Crippen LogP contribution in [-0.2, 0) is 16.4 Å². The van der Waals surface area contributed by atoms with Crippen molar-refractivity contribution in [3.05, 3.63) is 83.4 Å². The summed E-state index contributed by atoms with van der Waals surface area (Å²) in [5.74, 6) is -0.216. The van der Waals surface area contributed by atoms with Gasteiger partial charge in [0, 0.05) is 16.3 Å². The third kappa shape index (κ3) is 4.69. The fourth-order valence-electron chi connectivity index (χ4n) is 3.55. The minimum Gasteiger partial charge on any atom is -0.321 e. The third-order valence-corrected chi connectivity index (χ3v) is 7.82. The Morgan fingerprint density at radius 3 is 2.42 bits per heavy atom. The van der Waals surface area contributed by atoms with Gasteiger partial charge in [-0.2, -0.15) is 0 Å². The first-order chi connectivity index (χ1) is 14.8. The smallest absolute Gasteiger partial charge is 0.256 e. The van der Waals surface area contributed by atoms with E-state index in [1.54, 1.807) is 18.2 Å². The largest absolute Gasteiger partial charge is 0.321 e. The monoisotopic (exact) mass is 452 g/mol. The minimum atomic E-state index is -3.72. The van der Waals surface area contributed by atoms with Crippen molar-refractivity contribution in [1.82, 2.24) is 4.72 Å². The first kappa shape index (κ1) is 21.6. The van der Waals surface area contributed by atoms with Gasteiger partial charge >= 0.3 is 0 Å². The van der Waals surface area contributed by atoms with E-state index >= 15 is 0 Å². The van der Waals surface area contributed by atoms with Gasteiger partial charge in [-0.15, -0.1) is 0 Å². The molecule has 0 aromatic heterocycles. The van der Waals surface area contributed by atoms with Crippen LogP contribution >= 0.6 is 11.8 Å². The highest BCUT2D eigenvalue weighted by Gasteiger charge is 2.26. The first-order valence-electron chi connectivity index (χ1n) is 10.1. The number of sulfonamides is 1. The van der Waals surface area contributed by atoms with Crippen LogP contribution in [0.5, 0.6) is 0 Å². The average Bonchev–Trinajstić information content (AvgIpc) is 2.89. The van der Waals surface area contributed by atoms with Gasteiger partial charge in [0.1, 0.15) is 0 Å². The topological polar surface area (TPSA) is 75.3 Å². The van der Waals surface area contributed by atoms with Crippen LogP contribution in [0.25, 0.3) is 0 Å². The lowest BCUT2D eigenvalue weighted by atomic mass is 10.0. The van der Waals surface area contributed by atoms with E-state index in [0.717, 1.165) is 10.5 Å². The molecule has 1 aliphatic rings. The Morgan fingerprint density at radius 1 is 0.968 bits per heavy atom. The van der Waals surface area contributed by atoms with Gasteiger partial charge < -0.3 is 5.32 Å². The molecule has 0 radical (unpaired) electrons. The van der Waals surface area contributed by atoms with Crippen LogP contribution in [0, 0.1) is 0 Å². The molecule has 1 amide bonds. The molecule has 5 nitrogen and oxygen atoms in total. The lowest BCUT2D eigenvalue weighted by Crippen LogP contribution is -2.27. The molecule has 0 spiro atoms. The number of anilines is 1. The molecule has 1 aliphatic heterocycles. The average molecular weight is 453 g/mol. The van der Waals surface area contributed by atoms with Crippen molar-refractivity contribution in [3.63, 3.8) is 0 Å². The molecular formula is C24H24N2O3S2. The van der Waals surface area contributed by atoms with Crippen LogP contribution in [-0.4, -0.2) is 20.9 Å². The standard InChI is InChI=1S/C24H24N2O3S2/c1-16(2)19-14-20-22(30-21-11-7-6-10-18(21)24(27)26-20)15-23(19)31(28,29)25-13-12-17-8-4-3-5-9-17/h3-11,14-16,25H,12-13H2,1-2H3,(H,26,27). The molecule has 2 N–H and O–H groups in total. The Morgan fingerprint density at radius 2 is 1.68 bits per heavy atom. The second-order valence-corrected chi connectivity index (χ2v) is 10.5. The quantitative estimate of drug-likeness (QED) is 0.549. The number of fused-ring (bicyclic) bond motifs is 2. The minimum absolute atomic E-state index is 0.0291. The Balaban J connectivity index is 1.68. The van der Waals surface area contributed by atoms with Crippen LogP contribution in [0.15, 0.2) is 81.4 Å². The van der Waals surface area contributed by atoms with Crippen molar-refractivity contribution in [2.75, 3.05) is 11.9 Å². The third-order valence-electron chi connectivity index (χ3n) is 5.17. The molecule has 0 bridgehead atoms. The number of nitrogens with one attached hydrogen (secondary N) is 2. The van der Waals surface area contributed by atoms with Gasteiger partial charge in [-0.1, -0.05) is 68.1 Å². The SMILES string of the molecule is CC(C)c1cc2c(cc1S(=O)(=O)NCCc1ccccc1)Sc1ccccc1C(=O)N2. The van der Waals surface area contributed by atoms with Crippen molar-refractivity contribution in [1.29, 1.82) is 0 Å². The van der Waals surface area contributed by atoms with Crippen molar-refractivity contribution < 1.29 is 13.2 Å². The molecule has 0 aliphatic carbocycles. The van der Waals surface area contributed by atoms with E-state index in [0.29, 0.717) is 34.7 Å². The highest BCUT2D eigenvalue weighted by Crippen LogP contribution is 2.42. The molecule has 4 rings (SSSR count). The Kier molecular flexibility index (Phi) is 6.18. The summed E-state index contributed by atoms with van der Waals surface area (Å²) in [7, 11) is -3.72. The number of amides is 1. The van der Waals surface area contributed by atoms with Crippen LogP contribution in [0.2, 0.25) is 0 Å². The van der Waals surface area contributed by atoms with Crippen LogP contribution in [0.3, 0.4) is 0 Å². The normalized spacial score (nSPS) is 13.3. The maximum atomic E-state index is 13.2. The van der Waals surface area contributed by atoms with Crippen molar-refractivity contribution in [2.45, 2.75) is 40.9 Å². The molecule has 1 heterocycles. The van der Waals surface area contributed by atoms with Gasteiger partial charge in [-0.25, -0.2) is 13.1 Å². The van der Waals surface area contributed by atoms with E-state index < -0.39 is 10.0 Å². The lowest BCUT2D eigenvalue weighted by Gasteiger charge is -2.18. The molecule has 7 heteroatoms. The summed E-state index contributed by atoms with van der Waals surface area (Å²) >= 11 is 1.40. The second-order valence-electron chi connectivity index (χ2n) is 7.73. The van der Waals surface area contributed by atoms with Gasteiger partial charge in [0.2, 0.25) is 10.0 Å². The van der Waals surface area contributed by atoms with Crippen molar-refractivity contribution in [3.8, 4) is 0 Å². The van der Waals surface area contributed by atoms with Gasteiger partial charge in [0.25, 0.3) is 5.91 Å². The van der Waals surface area contributed by atoms with E-state index in [9.17, 15) is 13.2 Å². The zero-order chi connectivity index (χ0) is 22.0. The van der Waals surface area contributed by atoms with Crippen LogP contribution in [0.1, 0.15) is 41.3 Å². The van der Waals surface area contributed by atoms with Crippen LogP contribution < -0.4 is 10.0 Å². The number of carbonyl (C=O) groups is 1. The van der Waals surface area contributed by atoms with Crippen molar-refractivity contribution >= 4 is 33.4 Å². The van der Waals surface area contributed by atoms with E-state index in [4.69, 9.17) is 0 Å². The number of rotatable bonds is 6. The van der Waals surface area contributed by atoms with E-state index in [1.807, 2.05) is 62.4 Å². The molecule has 3 aromatic rings. The Hall–Kier alpha value is -2.61. The summed E-state index contributed by atoms with van der Waals surface area (Å²) in [6.07, 6.45) is 0.611. The molecule has 0 saturated carbocycles. The predicted molar refractivity (Wildman–Crippen MR) is 124 cm³/mol. The summed E-state index contributed by atoms with van der Waals surface area (Å²) in [6.45, 7) is 4.21. The molecular weight excluding hydrogens is 428 g/mol. The van der Waals surface area contributed by atoms with E-state index in [-0.39, 0.29) is 16.7 Å². The fraction of sp³-hybridized carbons (Fsp3) is 0.208. The maximum Gasteiger partial charge on any atom is 0.256 e. The van der Waals surface area contributed by atoms with E-state index in [1.165, 1.54) is 11.8 Å². The number of hydrogen-bond donors (Lipinski definition) is 2. The van der Waals surface area contributed by atoms with Gasteiger partial charge in [-0.05, 0) is 47.7 Å². The first-order valence-corrected chi connectivity index (χ1v) is 12.4. The zero-order valence-electron chi connectivity index (χ0n) is 17.4. The highest BCUT2D eigenvalue weighted by atomic mass is 32.2. The molecule has 0 fully saturated rings. The number of hydrogen-bond acceptors (Lipinski definition) is 4. The summed E-state index contributed by atoms with van der Waals surface area (Å²) in [4.78, 5) is 14.4. The summed E-state index contributed by atoms with van der Waals surface area (Å²) in [6, 6.07) is 20.6. The van der Waals surface area contributed by atoms with E-state index in [2.05, 4.69) is 10.0 Å². The Labute approximate surface area is 187 Å². The summed E-state index contributed by atoms with van der Waals surface area (Å²) in [5, 5.41) is 2.94. The molecule has 0 atom stereocenters. The molecule has 3 aromatic carbocycles. The van der Waals surface area contributed by atoms with Crippen molar-refractivity contribution in [2.24, 2.45) is 0 Å². The number of carbonyl (C=O) groups excluding carboxylic acids is 1. The predicted octanol–water partition coefficient (Wildman–Crippen LogP) is 5.05. The lowest BCUT2D eigenvalue weighted by molar-refractivity contribution is 0.102.